The average Bonchev–Trinajstić information content (AvgIpc) is 2.73. The van der Waals surface area contributed by atoms with Gasteiger partial charge in [-0.2, -0.15) is 0 Å². The number of amides is 1. The van der Waals surface area contributed by atoms with Crippen molar-refractivity contribution in [2.75, 3.05) is 26.7 Å². The van der Waals surface area contributed by atoms with Crippen LogP contribution in [0.3, 0.4) is 0 Å². The fourth-order valence-corrected chi connectivity index (χ4v) is 3.50. The summed E-state index contributed by atoms with van der Waals surface area (Å²) in [4.78, 5) is 19.7. The Morgan fingerprint density at radius 1 is 1.15 bits per heavy atom. The van der Waals surface area contributed by atoms with E-state index >= 15 is 0 Å². The third kappa shape index (κ3) is 3.02. The number of hydrogen-bond donors (Lipinski definition) is 1. The van der Waals surface area contributed by atoms with E-state index in [1.807, 2.05) is 59.5 Å². The molecule has 1 aliphatic rings. The minimum atomic E-state index is -0.0128. The van der Waals surface area contributed by atoms with Gasteiger partial charge >= 0.3 is 0 Å². The molecule has 1 amide bonds. The van der Waals surface area contributed by atoms with Crippen molar-refractivity contribution in [3.63, 3.8) is 0 Å². The molecule has 2 heterocycles. The van der Waals surface area contributed by atoms with Gasteiger partial charge in [-0.15, -0.1) is 0 Å². The largest absolute Gasteiger partial charge is 0.497 e. The van der Waals surface area contributed by atoms with Gasteiger partial charge in [-0.1, -0.05) is 30.3 Å². The summed E-state index contributed by atoms with van der Waals surface area (Å²) in [5, 5.41) is 4.38. The van der Waals surface area contributed by atoms with Gasteiger partial charge in [0.1, 0.15) is 5.75 Å². The maximum Gasteiger partial charge on any atom is 0.256 e. The van der Waals surface area contributed by atoms with Crippen LogP contribution in [-0.4, -0.2) is 42.5 Å². The van der Waals surface area contributed by atoms with Gasteiger partial charge < -0.3 is 15.0 Å². The Hall–Kier alpha value is -2.92. The van der Waals surface area contributed by atoms with E-state index in [-0.39, 0.29) is 11.9 Å². The highest BCUT2D eigenvalue weighted by Gasteiger charge is 2.29. The fraction of sp³-hybridized carbons (Fsp3) is 0.238. The predicted octanol–water partition coefficient (Wildman–Crippen LogP) is 3.03. The van der Waals surface area contributed by atoms with Gasteiger partial charge in [0.2, 0.25) is 0 Å². The Morgan fingerprint density at radius 3 is 2.77 bits per heavy atom. The lowest BCUT2D eigenvalue weighted by molar-refractivity contribution is 0.0636. The van der Waals surface area contributed by atoms with E-state index in [1.165, 1.54) is 0 Å². The van der Waals surface area contributed by atoms with Crippen LogP contribution in [0.5, 0.6) is 5.75 Å². The monoisotopic (exact) mass is 347 g/mol. The maximum atomic E-state index is 13.4. The Kier molecular flexibility index (Phi) is 4.54. The van der Waals surface area contributed by atoms with Gasteiger partial charge in [-0.05, 0) is 29.8 Å². The second-order valence-corrected chi connectivity index (χ2v) is 6.37. The summed E-state index contributed by atoms with van der Waals surface area (Å²) in [5.74, 6) is 0.838. The average molecular weight is 347 g/mol. The predicted molar refractivity (Wildman–Crippen MR) is 101 cm³/mol. The first kappa shape index (κ1) is 16.5. The summed E-state index contributed by atoms with van der Waals surface area (Å²) in [5.41, 5.74) is 2.51. The first-order valence-corrected chi connectivity index (χ1v) is 8.77. The normalized spacial score (nSPS) is 17.3. The third-order valence-electron chi connectivity index (χ3n) is 4.87. The number of piperazine rings is 1. The summed E-state index contributed by atoms with van der Waals surface area (Å²) in [6.45, 7) is 2.19. The van der Waals surface area contributed by atoms with Crippen LogP contribution in [0.2, 0.25) is 0 Å². The van der Waals surface area contributed by atoms with E-state index in [4.69, 9.17) is 4.74 Å². The molecule has 0 aliphatic carbocycles. The van der Waals surface area contributed by atoms with Crippen molar-refractivity contribution < 1.29 is 9.53 Å². The zero-order valence-electron chi connectivity index (χ0n) is 14.7. The lowest BCUT2D eigenvalue weighted by atomic mass is 10.0. The molecule has 1 aromatic heterocycles. The van der Waals surface area contributed by atoms with Crippen LogP contribution in [0.1, 0.15) is 22.0 Å². The maximum absolute atomic E-state index is 13.4. The second kappa shape index (κ2) is 7.14. The number of benzene rings is 2. The molecule has 1 aliphatic heterocycles. The zero-order chi connectivity index (χ0) is 17.9. The lowest BCUT2D eigenvalue weighted by Gasteiger charge is -2.36. The highest BCUT2D eigenvalue weighted by Crippen LogP contribution is 2.27. The zero-order valence-corrected chi connectivity index (χ0v) is 14.7. The van der Waals surface area contributed by atoms with Crippen molar-refractivity contribution >= 4 is 16.8 Å². The number of hydrogen-bond acceptors (Lipinski definition) is 4. The van der Waals surface area contributed by atoms with E-state index in [2.05, 4.69) is 10.3 Å². The number of carbonyl (C=O) groups excluding carboxylic acids is 1. The van der Waals surface area contributed by atoms with Crippen molar-refractivity contribution in [2.24, 2.45) is 0 Å². The number of fused-ring (bicyclic) bond motifs is 1. The fourth-order valence-electron chi connectivity index (χ4n) is 3.50. The van der Waals surface area contributed by atoms with E-state index in [9.17, 15) is 4.79 Å². The van der Waals surface area contributed by atoms with E-state index in [0.29, 0.717) is 12.1 Å². The van der Waals surface area contributed by atoms with Crippen molar-refractivity contribution in [2.45, 2.75) is 6.04 Å². The van der Waals surface area contributed by atoms with Crippen LogP contribution in [-0.2, 0) is 0 Å². The molecule has 3 aromatic rings. The van der Waals surface area contributed by atoms with Crippen LogP contribution < -0.4 is 10.1 Å². The summed E-state index contributed by atoms with van der Waals surface area (Å²) >= 11 is 0. The van der Waals surface area contributed by atoms with Crippen LogP contribution in [0, 0.1) is 0 Å². The number of methoxy groups -OCH3 is 1. The van der Waals surface area contributed by atoms with E-state index in [0.717, 1.165) is 35.3 Å². The Morgan fingerprint density at radius 2 is 1.96 bits per heavy atom. The number of nitrogens with one attached hydrogen (secondary N) is 1. The van der Waals surface area contributed by atoms with Crippen molar-refractivity contribution in [1.82, 2.24) is 15.2 Å². The van der Waals surface area contributed by atoms with Crippen LogP contribution in [0.15, 0.2) is 60.8 Å². The molecule has 0 spiro atoms. The van der Waals surface area contributed by atoms with Gasteiger partial charge in [0.05, 0.1) is 24.2 Å². The van der Waals surface area contributed by atoms with E-state index < -0.39 is 0 Å². The molecule has 0 saturated carbocycles. The molecule has 1 fully saturated rings. The third-order valence-corrected chi connectivity index (χ3v) is 4.87. The van der Waals surface area contributed by atoms with Crippen molar-refractivity contribution in [3.8, 4) is 5.75 Å². The molecule has 1 atom stereocenters. The highest BCUT2D eigenvalue weighted by molar-refractivity contribution is 6.05. The Labute approximate surface area is 152 Å². The molecular formula is C21H21N3O2. The molecule has 132 valence electrons. The Bertz CT molecular complexity index is 919. The van der Waals surface area contributed by atoms with E-state index in [1.54, 1.807) is 13.3 Å². The van der Waals surface area contributed by atoms with Gasteiger partial charge in [0, 0.05) is 31.2 Å². The van der Waals surface area contributed by atoms with Gasteiger partial charge in [-0.3, -0.25) is 9.78 Å². The minimum absolute atomic E-state index is 0.0128. The van der Waals surface area contributed by atoms with Gasteiger partial charge in [0.15, 0.2) is 0 Å². The molecule has 5 nitrogen and oxygen atoms in total. The van der Waals surface area contributed by atoms with Gasteiger partial charge in [0.25, 0.3) is 5.91 Å². The van der Waals surface area contributed by atoms with Crippen LogP contribution in [0.4, 0.5) is 0 Å². The minimum Gasteiger partial charge on any atom is -0.497 e. The molecule has 0 bridgehead atoms. The standard InChI is InChI=1S/C21H21N3O2/c1-26-17-9-7-15(8-10-17)19-14-22-12-13-24(19)21(25)18-6-2-4-16-5-3-11-23-20(16)18/h2-11,19,22H,12-14H2,1H3/t19-/m0/s1. The first-order chi connectivity index (χ1) is 12.8. The molecule has 5 heteroatoms. The second-order valence-electron chi connectivity index (χ2n) is 6.37. The molecule has 2 aromatic carbocycles. The lowest BCUT2D eigenvalue weighted by Crippen LogP contribution is -2.48. The SMILES string of the molecule is COc1ccc([C@@H]2CNCCN2C(=O)c2cccc3cccnc23)cc1. The molecular weight excluding hydrogens is 326 g/mol. The summed E-state index contributed by atoms with van der Waals surface area (Å²) in [6.07, 6.45) is 1.73. The number of aromatic nitrogens is 1. The Balaban J connectivity index is 1.70. The summed E-state index contributed by atoms with van der Waals surface area (Å²) in [6, 6.07) is 17.6. The molecule has 0 radical (unpaired) electrons. The van der Waals surface area contributed by atoms with Crippen molar-refractivity contribution in [1.29, 1.82) is 0 Å². The summed E-state index contributed by atoms with van der Waals surface area (Å²) in [7, 11) is 1.65. The molecule has 1 N–H and O–H groups in total. The molecule has 26 heavy (non-hydrogen) atoms. The number of carbonyl (C=O) groups is 1. The quantitative estimate of drug-likeness (QED) is 0.791. The first-order valence-electron chi connectivity index (χ1n) is 8.77. The highest BCUT2D eigenvalue weighted by atomic mass is 16.5. The molecule has 0 unspecified atom stereocenters. The summed E-state index contributed by atoms with van der Waals surface area (Å²) < 4.78 is 5.24. The number of pyridine rings is 1. The smallest absolute Gasteiger partial charge is 0.256 e. The topological polar surface area (TPSA) is 54.5 Å². The van der Waals surface area contributed by atoms with Crippen molar-refractivity contribution in [3.05, 3.63) is 71.9 Å². The molecule has 1 saturated heterocycles. The van der Waals surface area contributed by atoms with Crippen LogP contribution >= 0.6 is 0 Å². The number of ether oxygens (including phenoxy) is 1. The number of rotatable bonds is 3. The molecule has 4 rings (SSSR count). The van der Waals surface area contributed by atoms with Gasteiger partial charge in [-0.25, -0.2) is 0 Å². The number of nitrogens with zero attached hydrogens (tertiary/aromatic N) is 2. The number of para-hydroxylation sites is 1. The van der Waals surface area contributed by atoms with Crippen LogP contribution in [0.25, 0.3) is 10.9 Å².